The Morgan fingerprint density at radius 2 is 2.29 bits per heavy atom. The molecule has 0 atom stereocenters. The summed E-state index contributed by atoms with van der Waals surface area (Å²) in [5, 5.41) is 0. The van der Waals surface area contributed by atoms with Crippen LogP contribution in [0.3, 0.4) is 0 Å². The van der Waals surface area contributed by atoms with Crippen molar-refractivity contribution in [1.82, 2.24) is 0 Å². The molecule has 0 aliphatic rings. The third kappa shape index (κ3) is 2.34. The summed E-state index contributed by atoms with van der Waals surface area (Å²) >= 11 is 0. The van der Waals surface area contributed by atoms with Gasteiger partial charge in [0.15, 0.2) is 0 Å². The van der Waals surface area contributed by atoms with E-state index < -0.39 is 0 Å². The van der Waals surface area contributed by atoms with Gasteiger partial charge in [0.05, 0.1) is 6.54 Å². The average Bonchev–Trinajstić information content (AvgIpc) is 1.65. The number of rotatable bonds is 2. The Bertz CT molecular complexity index is 72.8. The van der Waals surface area contributed by atoms with E-state index in [0.29, 0.717) is 0 Å². The fourth-order valence-corrected chi connectivity index (χ4v) is 0.236. The van der Waals surface area contributed by atoms with Gasteiger partial charge in [-0.05, 0) is 0 Å². The van der Waals surface area contributed by atoms with Gasteiger partial charge in [-0.25, -0.2) is 0 Å². The molecule has 0 bridgehead atoms. The Morgan fingerprint density at radius 3 is 2.29 bits per heavy atom. The summed E-state index contributed by atoms with van der Waals surface area (Å²) in [6.45, 7) is 3.86. The molecule has 2 nitrogen and oxygen atoms in total. The van der Waals surface area contributed by atoms with Crippen molar-refractivity contribution in [2.24, 2.45) is 11.7 Å². The summed E-state index contributed by atoms with van der Waals surface area (Å²) in [6.07, 6.45) is 0. The van der Waals surface area contributed by atoms with Crippen LogP contribution in [0, 0.1) is 5.92 Å². The molecule has 0 amide bonds. The van der Waals surface area contributed by atoms with Crippen LogP contribution < -0.4 is 5.73 Å². The molecule has 2 heteroatoms. The zero-order chi connectivity index (χ0) is 5.86. The highest BCUT2D eigenvalue weighted by molar-refractivity contribution is 5.81. The molecular formula is C5H13NO. The summed E-state index contributed by atoms with van der Waals surface area (Å²) < 4.78 is 0. The van der Waals surface area contributed by atoms with E-state index in [-0.39, 0.29) is 19.7 Å². The van der Waals surface area contributed by atoms with Gasteiger partial charge in [0.1, 0.15) is 5.78 Å². The van der Waals surface area contributed by atoms with Crippen molar-refractivity contribution in [1.29, 1.82) is 0 Å². The molecule has 0 saturated heterocycles. The van der Waals surface area contributed by atoms with Crippen LogP contribution in [0.15, 0.2) is 0 Å². The maximum atomic E-state index is 10.4. The fraction of sp³-hybridized carbons (Fsp3) is 0.800. The average molecular weight is 103 g/mol. The van der Waals surface area contributed by atoms with Crippen LogP contribution >= 0.6 is 0 Å². The van der Waals surface area contributed by atoms with Crippen molar-refractivity contribution >= 4 is 5.78 Å². The molecule has 0 aromatic carbocycles. The predicted octanol–water partition coefficient (Wildman–Crippen LogP) is 0.416. The lowest BCUT2D eigenvalue weighted by Gasteiger charge is -1.96. The molecule has 44 valence electrons. The van der Waals surface area contributed by atoms with Crippen molar-refractivity contribution in [2.45, 2.75) is 13.8 Å². The smallest absolute Gasteiger partial charge is 0.148 e. The van der Waals surface area contributed by atoms with E-state index in [2.05, 4.69) is 0 Å². The van der Waals surface area contributed by atoms with E-state index in [4.69, 9.17) is 5.73 Å². The summed E-state index contributed by atoms with van der Waals surface area (Å²) in [5.74, 6) is 0.227. The first-order valence-corrected chi connectivity index (χ1v) is 2.41. The van der Waals surface area contributed by atoms with Crippen LogP contribution in [0.25, 0.3) is 0 Å². The molecule has 0 aromatic heterocycles. The lowest BCUT2D eigenvalue weighted by atomic mass is 10.1. The highest BCUT2D eigenvalue weighted by Crippen LogP contribution is 1.89. The standard InChI is InChI=1S/C5H11NO.H2/c1-4(2)5(7)3-6;/h4H,3,6H2,1-2H3;1H. The van der Waals surface area contributed by atoms with Gasteiger partial charge >= 0.3 is 0 Å². The number of nitrogens with two attached hydrogens (primary N) is 1. The summed E-state index contributed by atoms with van der Waals surface area (Å²) in [4.78, 5) is 10.4. The Morgan fingerprint density at radius 1 is 1.86 bits per heavy atom. The second-order valence-corrected chi connectivity index (χ2v) is 1.83. The number of Topliss-reactive ketones (excluding diaryl/α,β-unsaturated/α-hetero) is 1. The van der Waals surface area contributed by atoms with E-state index in [0.717, 1.165) is 0 Å². The SMILES string of the molecule is CC(C)C(=O)CN.[HH]. The Hall–Kier alpha value is -0.370. The van der Waals surface area contributed by atoms with Gasteiger partial charge in [-0.1, -0.05) is 13.8 Å². The second kappa shape index (κ2) is 2.75. The molecular weight excluding hydrogens is 90.1 g/mol. The molecule has 0 heterocycles. The molecule has 0 aliphatic heterocycles. The zero-order valence-corrected chi connectivity index (χ0v) is 4.77. The third-order valence-electron chi connectivity index (χ3n) is 0.845. The van der Waals surface area contributed by atoms with Crippen molar-refractivity contribution in [3.63, 3.8) is 0 Å². The Balaban J connectivity index is 0. The number of carbonyl (C=O) groups is 1. The van der Waals surface area contributed by atoms with E-state index in [1.54, 1.807) is 0 Å². The number of hydrogen-bond acceptors (Lipinski definition) is 2. The minimum absolute atomic E-state index is 0. The van der Waals surface area contributed by atoms with E-state index in [1.165, 1.54) is 0 Å². The maximum absolute atomic E-state index is 10.4. The Kier molecular flexibility index (Phi) is 2.60. The summed E-state index contributed by atoms with van der Waals surface area (Å²) in [5.41, 5.74) is 5.02. The normalized spacial score (nSPS) is 9.71. The van der Waals surface area contributed by atoms with E-state index in [1.807, 2.05) is 13.8 Å². The number of carbonyl (C=O) groups excluding carboxylic acids is 1. The van der Waals surface area contributed by atoms with E-state index in [9.17, 15) is 4.79 Å². The van der Waals surface area contributed by atoms with Crippen LogP contribution in [-0.2, 0) is 4.79 Å². The van der Waals surface area contributed by atoms with Gasteiger partial charge in [-0.2, -0.15) is 0 Å². The number of ketones is 1. The molecule has 0 aliphatic carbocycles. The van der Waals surface area contributed by atoms with Gasteiger partial charge in [0.25, 0.3) is 0 Å². The third-order valence-corrected chi connectivity index (χ3v) is 0.845. The van der Waals surface area contributed by atoms with Crippen LogP contribution in [0.5, 0.6) is 0 Å². The molecule has 0 saturated carbocycles. The van der Waals surface area contributed by atoms with Crippen LogP contribution in [-0.4, -0.2) is 12.3 Å². The molecule has 0 radical (unpaired) electrons. The monoisotopic (exact) mass is 103 g/mol. The summed E-state index contributed by atoms with van der Waals surface area (Å²) in [6, 6.07) is 0. The number of hydrogen-bond donors (Lipinski definition) is 1. The molecule has 0 spiro atoms. The van der Waals surface area contributed by atoms with Crippen LogP contribution in [0.4, 0.5) is 0 Å². The molecule has 0 unspecified atom stereocenters. The highest BCUT2D eigenvalue weighted by Gasteiger charge is 2.01. The molecule has 0 fully saturated rings. The van der Waals surface area contributed by atoms with Gasteiger partial charge in [0, 0.05) is 7.34 Å². The van der Waals surface area contributed by atoms with Crippen LogP contribution in [0.2, 0.25) is 0 Å². The Labute approximate surface area is 45.2 Å². The minimum atomic E-state index is 0. The largest absolute Gasteiger partial charge is 0.324 e. The van der Waals surface area contributed by atoms with Gasteiger partial charge in [0.2, 0.25) is 0 Å². The fourth-order valence-electron chi connectivity index (χ4n) is 0.236. The first kappa shape index (κ1) is 6.63. The molecule has 2 N–H and O–H groups in total. The summed E-state index contributed by atoms with van der Waals surface area (Å²) in [7, 11) is 0. The van der Waals surface area contributed by atoms with Gasteiger partial charge < -0.3 is 5.73 Å². The van der Waals surface area contributed by atoms with E-state index >= 15 is 0 Å². The van der Waals surface area contributed by atoms with Crippen molar-refractivity contribution in [2.75, 3.05) is 6.54 Å². The van der Waals surface area contributed by atoms with Crippen LogP contribution in [0.1, 0.15) is 15.3 Å². The molecule has 7 heavy (non-hydrogen) atoms. The van der Waals surface area contributed by atoms with Gasteiger partial charge in [-0.3, -0.25) is 4.79 Å². The zero-order valence-electron chi connectivity index (χ0n) is 4.77. The van der Waals surface area contributed by atoms with Gasteiger partial charge in [-0.15, -0.1) is 0 Å². The van der Waals surface area contributed by atoms with Crippen molar-refractivity contribution < 1.29 is 6.22 Å². The highest BCUT2D eigenvalue weighted by atomic mass is 16.1. The lowest BCUT2D eigenvalue weighted by Crippen LogP contribution is -2.18. The maximum Gasteiger partial charge on any atom is 0.148 e. The topological polar surface area (TPSA) is 43.1 Å². The molecule has 0 aromatic rings. The second-order valence-electron chi connectivity index (χ2n) is 1.83. The first-order valence-electron chi connectivity index (χ1n) is 2.41. The predicted molar refractivity (Wildman–Crippen MR) is 31.0 cm³/mol. The lowest BCUT2D eigenvalue weighted by molar-refractivity contribution is -0.120. The quantitative estimate of drug-likeness (QED) is 0.550. The molecule has 0 rings (SSSR count). The minimum Gasteiger partial charge on any atom is -0.324 e. The van der Waals surface area contributed by atoms with Crippen molar-refractivity contribution in [3.8, 4) is 0 Å². The van der Waals surface area contributed by atoms with Crippen molar-refractivity contribution in [3.05, 3.63) is 0 Å². The first-order chi connectivity index (χ1) is 3.18.